The molecule has 4 heterocycles. The van der Waals surface area contributed by atoms with E-state index in [-0.39, 0.29) is 89.2 Å². The number of halogens is 3. The van der Waals surface area contributed by atoms with Crippen LogP contribution in [0, 0.1) is 11.3 Å². The molecule has 6 aromatic rings. The van der Waals surface area contributed by atoms with Gasteiger partial charge in [0.25, 0.3) is 11.8 Å². The van der Waals surface area contributed by atoms with Crippen LogP contribution < -0.4 is 45.3 Å². The summed E-state index contributed by atoms with van der Waals surface area (Å²) in [7, 11) is -2.40. The first-order chi connectivity index (χ1) is 40.1. The van der Waals surface area contributed by atoms with Gasteiger partial charge in [0.05, 0.1) is 104 Å². The van der Waals surface area contributed by atoms with E-state index >= 15 is 0 Å². The van der Waals surface area contributed by atoms with Crippen LogP contribution in [0.25, 0.3) is 5.69 Å². The van der Waals surface area contributed by atoms with Gasteiger partial charge in [-0.25, -0.2) is 22.4 Å². The number of anilines is 8. The van der Waals surface area contributed by atoms with Crippen molar-refractivity contribution in [1.82, 2.24) is 25.1 Å². The molecule has 0 unspecified atom stereocenters. The van der Waals surface area contributed by atoms with E-state index < -0.39 is 50.5 Å². The molecule has 1 saturated heterocycles. The molecule has 4 aromatic carbocycles. The van der Waals surface area contributed by atoms with Gasteiger partial charge in [-0.15, -0.1) is 0 Å². The number of piperidine rings is 1. The maximum Gasteiger partial charge on any atom is 0.435 e. The van der Waals surface area contributed by atoms with Crippen LogP contribution in [0.2, 0.25) is 0 Å². The number of sulfonamides is 1. The topological polar surface area (TPSA) is 264 Å². The molecule has 0 bridgehead atoms. The van der Waals surface area contributed by atoms with Crippen LogP contribution in [0.15, 0.2) is 91.1 Å². The number of hydrogen-bond donors (Lipinski definition) is 4. The number of nitrogens with one attached hydrogen (secondary N) is 3. The lowest BCUT2D eigenvalue weighted by molar-refractivity contribution is -0.141. The van der Waals surface area contributed by atoms with Crippen LogP contribution in [-0.4, -0.2) is 137 Å². The quantitative estimate of drug-likeness (QED) is 0.0419. The molecule has 0 atom stereocenters. The molecule has 446 valence electrons. The Balaban J connectivity index is 0.650. The number of nitrogens with two attached hydrogens (primary N) is 1. The molecule has 3 aliphatic rings. The number of ether oxygens (including phenoxy) is 5. The van der Waals surface area contributed by atoms with E-state index in [9.17, 15) is 40.8 Å². The number of nitrogens with zero attached hydrogens (tertiary/aromatic N) is 7. The first-order valence-corrected chi connectivity index (χ1v) is 29.2. The van der Waals surface area contributed by atoms with Crippen LogP contribution in [0.3, 0.4) is 0 Å². The molecule has 0 spiro atoms. The number of alkyl halides is 3. The number of Topliss-reactive ketones (excluding diaryl/α,β-unsaturated/α-hetero) is 1. The zero-order valence-corrected chi connectivity index (χ0v) is 47.9. The lowest BCUT2D eigenvalue weighted by Crippen LogP contribution is -2.41. The number of benzene rings is 4. The van der Waals surface area contributed by atoms with Crippen molar-refractivity contribution in [3.63, 3.8) is 0 Å². The minimum absolute atomic E-state index is 0.0164. The average Bonchev–Trinajstić information content (AvgIpc) is 3.87. The average molecular weight is 1180 g/mol. The molecule has 9 rings (SSSR count). The molecule has 2 aliphatic heterocycles. The molecular weight excluding hydrogens is 1120 g/mol. The van der Waals surface area contributed by atoms with Gasteiger partial charge in [-0.1, -0.05) is 26.0 Å². The fraction of sp³-hybridized carbons (Fsp3) is 0.397. The summed E-state index contributed by atoms with van der Waals surface area (Å²) in [5, 5.41) is 13.1. The fourth-order valence-electron chi connectivity index (χ4n) is 10.3. The molecule has 5 N–H and O–H groups in total. The monoisotopic (exact) mass is 1180 g/mol. The normalized spacial score (nSPS) is 15.2. The predicted octanol–water partition coefficient (Wildman–Crippen LogP) is 7.97. The van der Waals surface area contributed by atoms with Crippen LogP contribution in [0.5, 0.6) is 11.5 Å². The van der Waals surface area contributed by atoms with Gasteiger partial charge in [-0.05, 0) is 98.3 Å². The molecule has 1 aliphatic carbocycles. The second kappa shape index (κ2) is 25.7. The lowest BCUT2D eigenvalue weighted by Gasteiger charge is -2.33. The number of fused-ring (bicyclic) bond motifs is 3. The van der Waals surface area contributed by atoms with E-state index in [1.807, 2.05) is 39.0 Å². The van der Waals surface area contributed by atoms with E-state index in [2.05, 4.69) is 35.9 Å². The Morgan fingerprint density at radius 1 is 0.810 bits per heavy atom. The number of aromatic nitrogens is 4. The maximum atomic E-state index is 14.1. The highest BCUT2D eigenvalue weighted by Crippen LogP contribution is 2.44. The van der Waals surface area contributed by atoms with Crippen molar-refractivity contribution < 1.29 is 64.5 Å². The fourth-order valence-corrected chi connectivity index (χ4v) is 11.2. The minimum Gasteiger partial charge on any atom is -0.492 e. The summed E-state index contributed by atoms with van der Waals surface area (Å²) in [6, 6.07) is 23.2. The number of para-hydroxylation sites is 1. The SMILES string of the molecule is CCOc1cc(N2CCC(C(=O)NCCOCCOCCOCCOc3ccc(Nc4cc(-n5nc(C(F)(F)F)c6c5CC(C)(C)CC6=O)ccc4C(N)=O)cc3)CC2)ccc1Nc1ncc2c(n1)N(S(C)(=O)=O)c1ccccc1C(=O)N2C. The number of hydrogen-bond acceptors (Lipinski definition) is 17. The summed E-state index contributed by atoms with van der Waals surface area (Å²) >= 11 is 0. The van der Waals surface area contributed by atoms with Crippen LogP contribution in [0.4, 0.5) is 59.1 Å². The molecule has 3 amide bonds. The first-order valence-electron chi connectivity index (χ1n) is 27.3. The number of carbonyl (C=O) groups is 4. The Hall–Kier alpha value is -8.33. The second-order valence-electron chi connectivity index (χ2n) is 21.1. The number of ketones is 1. The van der Waals surface area contributed by atoms with Crippen molar-refractivity contribution in [2.24, 2.45) is 17.1 Å². The number of rotatable bonds is 24. The molecule has 1 fully saturated rings. The Bertz CT molecular complexity index is 3520. The van der Waals surface area contributed by atoms with Gasteiger partial charge in [-0.3, -0.25) is 19.2 Å². The molecule has 26 heteroatoms. The third-order valence-electron chi connectivity index (χ3n) is 14.3. The third-order valence-corrected chi connectivity index (χ3v) is 15.3. The van der Waals surface area contributed by atoms with Crippen LogP contribution in [0.1, 0.15) is 82.5 Å². The Morgan fingerprint density at radius 3 is 2.17 bits per heavy atom. The molecule has 84 heavy (non-hydrogen) atoms. The highest BCUT2D eigenvalue weighted by molar-refractivity contribution is 7.92. The van der Waals surface area contributed by atoms with Gasteiger partial charge >= 0.3 is 6.18 Å². The standard InChI is InChI=1S/C58H66F3N11O11S/c1-6-82-49-32-38(14-18-43(49)66-56-64-35-47-53(67-56)72(84(5,77)78)45-10-8-7-9-42(45)55(76)69(47)4)70-22-19-36(20-23-70)54(75)63-21-24-79-25-26-80-27-28-81-29-30-83-40-15-11-37(12-16-40)65-44-31-39(13-17-41(44)52(62)74)71-46-33-57(2,3)34-48(73)50(46)51(68-71)58(59,60)61/h7-18,31-32,35-36,65H,6,19-30,33-34H2,1-5H3,(H2,62,74)(H,63,75)(H,64,66,67). The Morgan fingerprint density at radius 2 is 1.49 bits per heavy atom. The molecule has 22 nitrogen and oxygen atoms in total. The van der Waals surface area contributed by atoms with Crippen molar-refractivity contribution >= 4 is 79.4 Å². The van der Waals surface area contributed by atoms with Gasteiger partial charge in [0.1, 0.15) is 23.8 Å². The lowest BCUT2D eigenvalue weighted by atomic mass is 9.75. The largest absolute Gasteiger partial charge is 0.492 e. The highest BCUT2D eigenvalue weighted by atomic mass is 32.2. The van der Waals surface area contributed by atoms with Gasteiger partial charge in [0.15, 0.2) is 17.3 Å². The summed E-state index contributed by atoms with van der Waals surface area (Å²) in [5.41, 5.74) is 6.69. The van der Waals surface area contributed by atoms with Crippen LogP contribution in [-0.2, 0) is 41.6 Å². The first kappa shape index (κ1) is 60.3. The molecule has 2 aromatic heterocycles. The second-order valence-corrected chi connectivity index (χ2v) is 22.9. The van der Waals surface area contributed by atoms with Crippen molar-refractivity contribution in [2.75, 3.05) is 111 Å². The highest BCUT2D eigenvalue weighted by Gasteiger charge is 2.46. The van der Waals surface area contributed by atoms with E-state index in [1.54, 1.807) is 55.6 Å². The maximum absolute atomic E-state index is 14.1. The predicted molar refractivity (Wildman–Crippen MR) is 308 cm³/mol. The zero-order valence-electron chi connectivity index (χ0n) is 47.1. The molecular formula is C58H66F3N11O11S. The smallest absolute Gasteiger partial charge is 0.435 e. The summed E-state index contributed by atoms with van der Waals surface area (Å²) < 4.78 is 99.6. The van der Waals surface area contributed by atoms with Gasteiger partial charge in [0, 0.05) is 56.5 Å². The summed E-state index contributed by atoms with van der Waals surface area (Å²) in [6.45, 7) is 9.69. The van der Waals surface area contributed by atoms with Crippen molar-refractivity contribution in [1.29, 1.82) is 0 Å². The van der Waals surface area contributed by atoms with E-state index in [4.69, 9.17) is 29.4 Å². The number of amides is 3. The van der Waals surface area contributed by atoms with Gasteiger partial charge < -0.3 is 55.2 Å². The summed E-state index contributed by atoms with van der Waals surface area (Å²) in [4.78, 5) is 64.4. The van der Waals surface area contributed by atoms with Crippen molar-refractivity contribution in [3.8, 4) is 17.2 Å². The van der Waals surface area contributed by atoms with E-state index in [0.717, 1.165) is 20.9 Å². The van der Waals surface area contributed by atoms with Gasteiger partial charge in [0.2, 0.25) is 21.9 Å². The third kappa shape index (κ3) is 14.0. The van der Waals surface area contributed by atoms with E-state index in [1.165, 1.54) is 29.3 Å². The zero-order chi connectivity index (χ0) is 59.9. The Labute approximate surface area is 483 Å². The van der Waals surface area contributed by atoms with E-state index in [0.29, 0.717) is 95.0 Å². The Kier molecular flexibility index (Phi) is 18.4. The molecule has 0 radical (unpaired) electrons. The van der Waals surface area contributed by atoms with Crippen molar-refractivity contribution in [2.45, 2.75) is 52.6 Å². The summed E-state index contributed by atoms with van der Waals surface area (Å²) in [5.74, 6) is -0.798. The van der Waals surface area contributed by atoms with Crippen molar-refractivity contribution in [3.05, 3.63) is 119 Å². The minimum atomic E-state index is -4.85. The number of carbonyl (C=O) groups excluding carboxylic acids is 4. The van der Waals surface area contributed by atoms with Crippen LogP contribution >= 0.6 is 0 Å². The molecule has 0 saturated carbocycles. The summed E-state index contributed by atoms with van der Waals surface area (Å²) in [6.07, 6.45) is -0.949. The van der Waals surface area contributed by atoms with Gasteiger partial charge in [-0.2, -0.15) is 23.3 Å². The number of primary amides is 1.